The molecule has 0 aliphatic rings. The average molecular weight is 633 g/mol. The van der Waals surface area contributed by atoms with Gasteiger partial charge in [0.05, 0.1) is 40.3 Å². The first-order chi connectivity index (χ1) is 22.1. The van der Waals surface area contributed by atoms with Crippen LogP contribution in [0.3, 0.4) is 0 Å². The number of sulfone groups is 1. The summed E-state index contributed by atoms with van der Waals surface area (Å²) in [6.07, 6.45) is 5.88. The van der Waals surface area contributed by atoms with Crippen LogP contribution in [0.15, 0.2) is 97.5 Å². The van der Waals surface area contributed by atoms with Crippen LogP contribution in [0.1, 0.15) is 21.3 Å². The number of carbonyl (C=O) groups is 1. The van der Waals surface area contributed by atoms with Crippen LogP contribution in [0.4, 0.5) is 10.1 Å². The van der Waals surface area contributed by atoms with Gasteiger partial charge in [-0.25, -0.2) is 17.8 Å². The smallest absolute Gasteiger partial charge is 0.255 e. The molecular weight excluding hydrogens is 607 g/mol. The van der Waals surface area contributed by atoms with Gasteiger partial charge in [-0.15, -0.1) is 0 Å². The van der Waals surface area contributed by atoms with E-state index in [2.05, 4.69) is 30.5 Å². The number of fused-ring (bicyclic) bond motifs is 2. The molecule has 0 saturated heterocycles. The molecule has 4 aromatic heterocycles. The number of nitrogens with zero attached hydrogens (tertiary/aromatic N) is 4. The number of aromatic nitrogens is 6. The maximum atomic E-state index is 14.7. The highest BCUT2D eigenvalue weighted by Gasteiger charge is 2.21. The van der Waals surface area contributed by atoms with E-state index in [1.807, 2.05) is 18.2 Å². The third-order valence-corrected chi connectivity index (χ3v) is 8.73. The van der Waals surface area contributed by atoms with Gasteiger partial charge in [-0.3, -0.25) is 19.9 Å². The first kappa shape index (κ1) is 29.0. The minimum Gasteiger partial charge on any atom is -0.337 e. The first-order valence-electron chi connectivity index (χ1n) is 14.0. The van der Waals surface area contributed by atoms with Gasteiger partial charge >= 0.3 is 0 Å². The number of nitrogens with two attached hydrogens (primary N) is 1. The molecule has 11 nitrogen and oxygen atoms in total. The molecule has 13 heteroatoms. The van der Waals surface area contributed by atoms with Crippen LogP contribution in [-0.2, 0) is 9.84 Å². The number of pyridine rings is 2. The van der Waals surface area contributed by atoms with Crippen LogP contribution in [0, 0.1) is 5.82 Å². The maximum absolute atomic E-state index is 14.7. The summed E-state index contributed by atoms with van der Waals surface area (Å²) < 4.78 is 38.8. The number of carbonyl (C=O) groups excluding carboxylic acids is 1. The fraction of sp³-hybridized carbons (Fsp3) is 0.0606. The number of hydrogen-bond donors (Lipinski definition) is 4. The Bertz CT molecular complexity index is 2390. The fourth-order valence-corrected chi connectivity index (χ4v) is 5.88. The highest BCUT2D eigenvalue weighted by Crippen LogP contribution is 2.34. The predicted octanol–water partition coefficient (Wildman–Crippen LogP) is 5.62. The lowest BCUT2D eigenvalue weighted by Crippen LogP contribution is -2.20. The zero-order valence-corrected chi connectivity index (χ0v) is 25.0. The summed E-state index contributed by atoms with van der Waals surface area (Å²) in [5.74, 6) is -0.412. The minimum absolute atomic E-state index is 0.141. The van der Waals surface area contributed by atoms with Gasteiger partial charge < -0.3 is 16.0 Å². The Balaban J connectivity index is 1.25. The summed E-state index contributed by atoms with van der Waals surface area (Å²) >= 11 is 0. The molecule has 4 heterocycles. The minimum atomic E-state index is -3.65. The van der Waals surface area contributed by atoms with E-state index in [0.717, 1.165) is 17.7 Å². The standard InChI is InChI=1S/C33H25FN8O3S/c1-46(44,45)31(35)20-10-19(11-22(34)12-20)24-8-5-9-26-29(24)40-32(39-26)30-25-14-27(37-17-28(25)41-42-30)21-13-23(16-36-15-21)38-33(43)18-6-3-2-4-7-18/h2-17,31H,35H2,1H3,(H,38,43)(H,39,40)(H,41,42). The SMILES string of the molecule is CS(=O)(=O)C(N)c1cc(F)cc(-c2cccc3[nH]c(-c4n[nH]c5cnc(-c6cncc(NC(=O)c7ccccc7)c6)cc45)nc23)c1. The van der Waals surface area contributed by atoms with Crippen LogP contribution >= 0.6 is 0 Å². The molecule has 0 aliphatic heterocycles. The van der Waals surface area contributed by atoms with Gasteiger partial charge in [0.1, 0.15) is 16.9 Å². The van der Waals surface area contributed by atoms with Gasteiger partial charge in [0.25, 0.3) is 5.91 Å². The van der Waals surface area contributed by atoms with Gasteiger partial charge in [0, 0.05) is 34.5 Å². The predicted molar refractivity (Wildman–Crippen MR) is 174 cm³/mol. The second-order valence-corrected chi connectivity index (χ2v) is 12.9. The topological polar surface area (TPSA) is 172 Å². The van der Waals surface area contributed by atoms with Crippen LogP contribution in [-0.4, -0.2) is 50.7 Å². The normalized spacial score (nSPS) is 12.4. The van der Waals surface area contributed by atoms with Crippen molar-refractivity contribution in [1.82, 2.24) is 30.1 Å². The molecule has 7 rings (SSSR count). The molecule has 0 radical (unpaired) electrons. The molecule has 1 amide bonds. The molecule has 0 spiro atoms. The van der Waals surface area contributed by atoms with E-state index in [9.17, 15) is 17.6 Å². The number of H-pyrrole nitrogens is 2. The Kier molecular flexibility index (Phi) is 7.11. The summed E-state index contributed by atoms with van der Waals surface area (Å²) in [6.45, 7) is 0. The van der Waals surface area contributed by atoms with E-state index in [4.69, 9.17) is 10.7 Å². The molecular formula is C33H25FN8O3S. The van der Waals surface area contributed by atoms with Crippen LogP contribution in [0.2, 0.25) is 0 Å². The van der Waals surface area contributed by atoms with E-state index in [1.165, 1.54) is 6.07 Å². The summed E-state index contributed by atoms with van der Waals surface area (Å²) in [6, 6.07) is 21.9. The van der Waals surface area contributed by atoms with E-state index >= 15 is 0 Å². The number of anilines is 1. The highest BCUT2D eigenvalue weighted by atomic mass is 32.2. The van der Waals surface area contributed by atoms with Crippen molar-refractivity contribution < 1.29 is 17.6 Å². The van der Waals surface area contributed by atoms with Crippen LogP contribution in [0.5, 0.6) is 0 Å². The molecule has 3 aromatic carbocycles. The Morgan fingerprint density at radius 1 is 0.935 bits per heavy atom. The molecule has 228 valence electrons. The number of amides is 1. The number of aromatic amines is 2. The summed E-state index contributed by atoms with van der Waals surface area (Å²) in [5, 5.41) is 9.71. The molecule has 5 N–H and O–H groups in total. The third kappa shape index (κ3) is 5.49. The number of rotatable bonds is 7. The second kappa shape index (κ2) is 11.3. The molecule has 0 bridgehead atoms. The van der Waals surface area contributed by atoms with E-state index in [-0.39, 0.29) is 11.5 Å². The molecule has 0 aliphatic carbocycles. The van der Waals surface area contributed by atoms with Gasteiger partial charge in [0.2, 0.25) is 0 Å². The molecule has 1 atom stereocenters. The maximum Gasteiger partial charge on any atom is 0.255 e. The van der Waals surface area contributed by atoms with Crippen LogP contribution in [0.25, 0.3) is 55.8 Å². The fourth-order valence-electron chi connectivity index (χ4n) is 5.25. The molecule has 0 saturated carbocycles. The number of benzene rings is 3. The zero-order chi connectivity index (χ0) is 32.0. The van der Waals surface area contributed by atoms with Crippen molar-refractivity contribution in [2.45, 2.75) is 5.37 Å². The molecule has 46 heavy (non-hydrogen) atoms. The summed E-state index contributed by atoms with van der Waals surface area (Å²) in [7, 11) is -3.65. The number of para-hydroxylation sites is 1. The molecule has 1 unspecified atom stereocenters. The van der Waals surface area contributed by atoms with Crippen molar-refractivity contribution in [3.05, 3.63) is 114 Å². The Morgan fingerprint density at radius 3 is 2.57 bits per heavy atom. The van der Waals surface area contributed by atoms with Crippen molar-refractivity contribution in [3.63, 3.8) is 0 Å². The van der Waals surface area contributed by atoms with E-state index in [1.54, 1.807) is 67.1 Å². The lowest BCUT2D eigenvalue weighted by Gasteiger charge is -2.12. The van der Waals surface area contributed by atoms with E-state index in [0.29, 0.717) is 61.7 Å². The molecule has 7 aromatic rings. The number of imidazole rings is 1. The monoisotopic (exact) mass is 632 g/mol. The summed E-state index contributed by atoms with van der Waals surface area (Å²) in [5.41, 5.74) is 11.8. The molecule has 0 fully saturated rings. The lowest BCUT2D eigenvalue weighted by atomic mass is 10.0. The number of hydrogen-bond acceptors (Lipinski definition) is 8. The number of halogens is 1. The quantitative estimate of drug-likeness (QED) is 0.175. The summed E-state index contributed by atoms with van der Waals surface area (Å²) in [4.78, 5) is 29.6. The van der Waals surface area contributed by atoms with Crippen molar-refractivity contribution in [2.24, 2.45) is 5.73 Å². The van der Waals surface area contributed by atoms with Crippen molar-refractivity contribution in [3.8, 4) is 33.9 Å². The Labute approximate surface area is 261 Å². The second-order valence-electron chi connectivity index (χ2n) is 10.8. The van der Waals surface area contributed by atoms with Crippen molar-refractivity contribution in [1.29, 1.82) is 0 Å². The first-order valence-corrected chi connectivity index (χ1v) is 16.0. The zero-order valence-electron chi connectivity index (χ0n) is 24.2. The average Bonchev–Trinajstić information content (AvgIpc) is 3.68. The largest absolute Gasteiger partial charge is 0.337 e. The van der Waals surface area contributed by atoms with Gasteiger partial charge in [-0.2, -0.15) is 5.10 Å². The van der Waals surface area contributed by atoms with E-state index < -0.39 is 21.0 Å². The number of nitrogens with one attached hydrogen (secondary N) is 3. The van der Waals surface area contributed by atoms with Crippen molar-refractivity contribution in [2.75, 3.05) is 11.6 Å². The van der Waals surface area contributed by atoms with Gasteiger partial charge in [0.15, 0.2) is 15.7 Å². The third-order valence-electron chi connectivity index (χ3n) is 7.53. The van der Waals surface area contributed by atoms with Gasteiger partial charge in [-0.05, 0) is 59.7 Å². The van der Waals surface area contributed by atoms with Crippen LogP contribution < -0.4 is 11.1 Å². The highest BCUT2D eigenvalue weighted by molar-refractivity contribution is 7.90. The lowest BCUT2D eigenvalue weighted by molar-refractivity contribution is 0.102. The Morgan fingerprint density at radius 2 is 1.76 bits per heavy atom. The van der Waals surface area contributed by atoms with Gasteiger partial charge in [-0.1, -0.05) is 30.3 Å². The Hall–Kier alpha value is -5.79. The van der Waals surface area contributed by atoms with Crippen molar-refractivity contribution >= 4 is 43.4 Å².